The molecule has 1 aliphatic heterocycles. The summed E-state index contributed by atoms with van der Waals surface area (Å²) in [6.45, 7) is 2.03. The van der Waals surface area contributed by atoms with Crippen molar-refractivity contribution in [3.8, 4) is 5.75 Å². The molecule has 1 N–H and O–H groups in total. The van der Waals surface area contributed by atoms with Crippen LogP contribution < -0.4 is 10.1 Å². The van der Waals surface area contributed by atoms with E-state index in [1.54, 1.807) is 7.11 Å². The van der Waals surface area contributed by atoms with Gasteiger partial charge in [0.1, 0.15) is 5.75 Å². The fourth-order valence-corrected chi connectivity index (χ4v) is 2.99. The van der Waals surface area contributed by atoms with E-state index in [1.807, 2.05) is 61.0 Å². The lowest BCUT2D eigenvalue weighted by Crippen LogP contribution is -2.19. The third kappa shape index (κ3) is 3.32. The number of aryl methyl sites for hydroxylation is 1. The van der Waals surface area contributed by atoms with Gasteiger partial charge in [-0.15, -0.1) is 0 Å². The zero-order valence-electron chi connectivity index (χ0n) is 13.2. The molecule has 2 aromatic rings. The van der Waals surface area contributed by atoms with E-state index in [1.165, 1.54) is 11.8 Å². The summed E-state index contributed by atoms with van der Waals surface area (Å²) in [6, 6.07) is 11.4. The maximum atomic E-state index is 12.1. The van der Waals surface area contributed by atoms with Crippen molar-refractivity contribution in [2.75, 3.05) is 7.11 Å². The van der Waals surface area contributed by atoms with Crippen LogP contribution in [0.3, 0.4) is 0 Å². The first-order valence-corrected chi connectivity index (χ1v) is 7.94. The molecule has 0 unspecified atom stereocenters. The van der Waals surface area contributed by atoms with Crippen LogP contribution in [0.5, 0.6) is 5.75 Å². The maximum absolute atomic E-state index is 12.1. The van der Waals surface area contributed by atoms with Crippen molar-refractivity contribution >= 4 is 34.6 Å². The van der Waals surface area contributed by atoms with Crippen molar-refractivity contribution in [3.05, 3.63) is 52.7 Å². The van der Waals surface area contributed by atoms with Crippen LogP contribution in [0.2, 0.25) is 0 Å². The Hall–Kier alpha value is -2.47. The highest BCUT2D eigenvalue weighted by molar-refractivity contribution is 8.18. The van der Waals surface area contributed by atoms with Crippen molar-refractivity contribution in [2.24, 2.45) is 12.0 Å². The highest BCUT2D eigenvalue weighted by Crippen LogP contribution is 2.28. The smallest absolute Gasteiger partial charge is 0.264 e. The molecule has 1 aromatic heterocycles. The van der Waals surface area contributed by atoms with Gasteiger partial charge in [0.15, 0.2) is 5.17 Å². The first-order valence-electron chi connectivity index (χ1n) is 7.13. The third-order valence-electron chi connectivity index (χ3n) is 3.64. The van der Waals surface area contributed by atoms with Crippen molar-refractivity contribution in [3.63, 3.8) is 0 Å². The summed E-state index contributed by atoms with van der Waals surface area (Å²) in [5.41, 5.74) is 2.91. The minimum Gasteiger partial charge on any atom is -0.497 e. The molecule has 1 amide bonds. The molecule has 0 radical (unpaired) electrons. The van der Waals surface area contributed by atoms with Crippen LogP contribution in [-0.2, 0) is 11.8 Å². The summed E-state index contributed by atoms with van der Waals surface area (Å²) in [7, 11) is 3.60. The van der Waals surface area contributed by atoms with Crippen molar-refractivity contribution in [2.45, 2.75) is 6.92 Å². The number of benzene rings is 1. The van der Waals surface area contributed by atoms with Gasteiger partial charge >= 0.3 is 0 Å². The van der Waals surface area contributed by atoms with Gasteiger partial charge in [0.05, 0.1) is 17.7 Å². The highest BCUT2D eigenvalue weighted by Gasteiger charge is 2.24. The molecule has 1 saturated heterocycles. The number of amidine groups is 1. The molecular weight excluding hydrogens is 310 g/mol. The van der Waals surface area contributed by atoms with E-state index in [-0.39, 0.29) is 5.91 Å². The number of carbonyl (C=O) groups is 1. The molecule has 5 nitrogen and oxygen atoms in total. The number of aliphatic imine (C=N–C) groups is 1. The first kappa shape index (κ1) is 15.4. The van der Waals surface area contributed by atoms with Crippen LogP contribution in [0, 0.1) is 6.92 Å². The SMILES string of the molecule is COc1ccc(N=C2NC(=O)/C(=C/c3ccc(C)n3C)S2)cc1. The van der Waals surface area contributed by atoms with E-state index < -0.39 is 0 Å². The van der Waals surface area contributed by atoms with E-state index in [0.717, 1.165) is 22.8 Å². The number of thioether (sulfide) groups is 1. The number of hydrogen-bond donors (Lipinski definition) is 1. The topological polar surface area (TPSA) is 55.6 Å². The number of carbonyl (C=O) groups excluding carboxylic acids is 1. The van der Waals surface area contributed by atoms with Gasteiger partial charge in [0.2, 0.25) is 0 Å². The van der Waals surface area contributed by atoms with Crippen LogP contribution >= 0.6 is 11.8 Å². The summed E-state index contributed by atoms with van der Waals surface area (Å²) >= 11 is 1.34. The predicted molar refractivity (Wildman–Crippen MR) is 93.9 cm³/mol. The van der Waals surface area contributed by atoms with Crippen LogP contribution in [0.1, 0.15) is 11.4 Å². The Kier molecular flexibility index (Phi) is 4.25. The van der Waals surface area contributed by atoms with Gasteiger partial charge in [-0.25, -0.2) is 4.99 Å². The van der Waals surface area contributed by atoms with E-state index in [4.69, 9.17) is 4.74 Å². The number of nitrogens with zero attached hydrogens (tertiary/aromatic N) is 2. The molecule has 1 fully saturated rings. The summed E-state index contributed by atoms with van der Waals surface area (Å²) in [6.07, 6.45) is 1.88. The Balaban J connectivity index is 1.81. The second kappa shape index (κ2) is 6.34. The van der Waals surface area contributed by atoms with Crippen LogP contribution in [0.4, 0.5) is 5.69 Å². The fourth-order valence-electron chi connectivity index (χ4n) is 2.17. The molecule has 0 saturated carbocycles. The molecule has 0 spiro atoms. The molecule has 0 bridgehead atoms. The normalized spacial score (nSPS) is 17.8. The Morgan fingerprint density at radius 2 is 1.96 bits per heavy atom. The zero-order chi connectivity index (χ0) is 16.4. The van der Waals surface area contributed by atoms with Gasteiger partial charge in [0.25, 0.3) is 5.91 Å². The lowest BCUT2D eigenvalue weighted by molar-refractivity contribution is -0.115. The number of ether oxygens (including phenoxy) is 1. The standard InChI is InChI=1S/C17H17N3O2S/c1-11-4-7-13(20(11)2)10-15-16(21)19-17(23-15)18-12-5-8-14(22-3)9-6-12/h4-10H,1-3H3,(H,18,19,21)/b15-10-. The van der Waals surface area contributed by atoms with Crippen LogP contribution in [0.25, 0.3) is 6.08 Å². The minimum absolute atomic E-state index is 0.124. The Labute approximate surface area is 139 Å². The molecule has 1 aromatic carbocycles. The van der Waals surface area contributed by atoms with E-state index in [9.17, 15) is 4.79 Å². The van der Waals surface area contributed by atoms with E-state index in [2.05, 4.69) is 10.3 Å². The number of amides is 1. The zero-order valence-corrected chi connectivity index (χ0v) is 14.0. The summed E-state index contributed by atoms with van der Waals surface area (Å²) in [5.74, 6) is 0.651. The molecule has 0 atom stereocenters. The monoisotopic (exact) mass is 327 g/mol. The quantitative estimate of drug-likeness (QED) is 0.881. The van der Waals surface area contributed by atoms with Gasteiger partial charge in [-0.05, 0) is 61.2 Å². The van der Waals surface area contributed by atoms with Gasteiger partial charge < -0.3 is 14.6 Å². The molecule has 6 heteroatoms. The summed E-state index contributed by atoms with van der Waals surface area (Å²) < 4.78 is 7.16. The average Bonchev–Trinajstić information content (AvgIpc) is 3.05. The Bertz CT molecular complexity index is 804. The van der Waals surface area contributed by atoms with Crippen molar-refractivity contribution in [1.29, 1.82) is 0 Å². The third-order valence-corrected chi connectivity index (χ3v) is 4.55. The average molecular weight is 327 g/mol. The highest BCUT2D eigenvalue weighted by atomic mass is 32.2. The van der Waals surface area contributed by atoms with Gasteiger partial charge in [-0.2, -0.15) is 0 Å². The number of aromatic nitrogens is 1. The second-order valence-electron chi connectivity index (χ2n) is 5.14. The maximum Gasteiger partial charge on any atom is 0.264 e. The van der Waals surface area contributed by atoms with Crippen LogP contribution in [0.15, 0.2) is 46.3 Å². The molecular formula is C17H17N3O2S. The van der Waals surface area contributed by atoms with Gasteiger partial charge in [0, 0.05) is 18.4 Å². The number of rotatable bonds is 3. The molecule has 118 valence electrons. The molecule has 23 heavy (non-hydrogen) atoms. The summed E-state index contributed by atoms with van der Waals surface area (Å²) in [5, 5.41) is 3.37. The second-order valence-corrected chi connectivity index (χ2v) is 6.17. The Morgan fingerprint density at radius 1 is 1.22 bits per heavy atom. The summed E-state index contributed by atoms with van der Waals surface area (Å²) in [4.78, 5) is 17.2. The minimum atomic E-state index is -0.124. The largest absolute Gasteiger partial charge is 0.497 e. The lowest BCUT2D eigenvalue weighted by Gasteiger charge is -2.00. The number of nitrogens with one attached hydrogen (secondary N) is 1. The number of hydrogen-bond acceptors (Lipinski definition) is 4. The first-order chi connectivity index (χ1) is 11.1. The van der Waals surface area contributed by atoms with Crippen LogP contribution in [-0.4, -0.2) is 22.8 Å². The molecule has 3 rings (SSSR count). The van der Waals surface area contributed by atoms with E-state index >= 15 is 0 Å². The van der Waals surface area contributed by atoms with Crippen molar-refractivity contribution < 1.29 is 9.53 Å². The Morgan fingerprint density at radius 3 is 2.57 bits per heavy atom. The van der Waals surface area contributed by atoms with E-state index in [0.29, 0.717) is 10.1 Å². The van der Waals surface area contributed by atoms with Gasteiger partial charge in [-0.3, -0.25) is 4.79 Å². The lowest BCUT2D eigenvalue weighted by atomic mass is 10.3. The number of methoxy groups -OCH3 is 1. The molecule has 1 aliphatic rings. The molecule has 0 aliphatic carbocycles. The molecule has 2 heterocycles. The predicted octanol–water partition coefficient (Wildman–Crippen LogP) is 3.23. The fraction of sp³-hybridized carbons (Fsp3) is 0.176. The van der Waals surface area contributed by atoms with Crippen molar-refractivity contribution in [1.82, 2.24) is 9.88 Å². The van der Waals surface area contributed by atoms with Gasteiger partial charge in [-0.1, -0.05) is 0 Å².